The van der Waals surface area contributed by atoms with Gasteiger partial charge in [-0.05, 0) is 43.5 Å². The molecule has 1 amide bonds. The van der Waals surface area contributed by atoms with Gasteiger partial charge in [0.05, 0.1) is 18.2 Å². The third-order valence-corrected chi connectivity index (χ3v) is 4.65. The highest BCUT2D eigenvalue weighted by molar-refractivity contribution is 5.82. The number of carbonyl (C=O) groups excluding carboxylic acids is 1. The first-order valence-electron chi connectivity index (χ1n) is 9.01. The molecular weight excluding hydrogens is 328 g/mol. The number of ether oxygens (including phenoxy) is 1. The fraction of sp³-hybridized carbons (Fsp3) is 0.381. The van der Waals surface area contributed by atoms with E-state index < -0.39 is 6.10 Å². The summed E-state index contributed by atoms with van der Waals surface area (Å²) >= 11 is 0. The average molecular weight is 354 g/mol. The second kappa shape index (κ2) is 8.34. The summed E-state index contributed by atoms with van der Waals surface area (Å²) in [6, 6.07) is 15.6. The smallest absolute Gasteiger partial charge is 0.237 e. The Morgan fingerprint density at radius 2 is 2.08 bits per heavy atom. The minimum absolute atomic E-state index is 0.0752. The quantitative estimate of drug-likeness (QED) is 0.745. The van der Waals surface area contributed by atoms with Crippen molar-refractivity contribution in [2.45, 2.75) is 45.1 Å². The number of aliphatic hydroxyl groups is 1. The van der Waals surface area contributed by atoms with Gasteiger partial charge in [-0.1, -0.05) is 42.0 Å². The van der Waals surface area contributed by atoms with Gasteiger partial charge in [-0.3, -0.25) is 4.79 Å². The summed E-state index contributed by atoms with van der Waals surface area (Å²) in [5.74, 6) is 0.725. The molecule has 0 aromatic heterocycles. The predicted octanol–water partition coefficient (Wildman–Crippen LogP) is 2.47. The minimum atomic E-state index is -0.439. The zero-order valence-electron chi connectivity index (χ0n) is 15.2. The first-order chi connectivity index (χ1) is 12.5. The SMILES string of the molecule is Cc1cccc(COc2ccc(C(C)NC(=O)C3CC(O)CN3)cc2)c1. The number of aliphatic hydroxyl groups excluding tert-OH is 1. The van der Waals surface area contributed by atoms with Gasteiger partial charge in [-0.25, -0.2) is 0 Å². The molecule has 0 bridgehead atoms. The molecule has 0 spiro atoms. The van der Waals surface area contributed by atoms with Crippen LogP contribution in [0.3, 0.4) is 0 Å². The topological polar surface area (TPSA) is 70.6 Å². The van der Waals surface area contributed by atoms with E-state index in [0.29, 0.717) is 19.6 Å². The average Bonchev–Trinajstić information content (AvgIpc) is 3.07. The second-order valence-electron chi connectivity index (χ2n) is 6.93. The number of aryl methyl sites for hydroxylation is 1. The molecule has 3 unspecified atom stereocenters. The van der Waals surface area contributed by atoms with Crippen molar-refractivity contribution in [1.82, 2.24) is 10.6 Å². The summed E-state index contributed by atoms with van der Waals surface area (Å²) in [5, 5.41) is 15.5. The van der Waals surface area contributed by atoms with E-state index in [9.17, 15) is 9.90 Å². The number of β-amino-alcohol motifs (C(OH)–C–C–N with tert-alkyl or cyclic N) is 1. The molecule has 3 N–H and O–H groups in total. The largest absolute Gasteiger partial charge is 0.489 e. The van der Waals surface area contributed by atoms with Crippen LogP contribution in [0.4, 0.5) is 0 Å². The summed E-state index contributed by atoms with van der Waals surface area (Å²) in [5.41, 5.74) is 3.37. The molecule has 138 valence electrons. The van der Waals surface area contributed by atoms with Crippen LogP contribution in [-0.4, -0.2) is 29.7 Å². The maximum absolute atomic E-state index is 12.2. The molecule has 1 fully saturated rings. The summed E-state index contributed by atoms with van der Waals surface area (Å²) in [6.07, 6.45) is 0.0236. The van der Waals surface area contributed by atoms with Gasteiger partial charge in [-0.15, -0.1) is 0 Å². The van der Waals surface area contributed by atoms with Crippen molar-refractivity contribution in [1.29, 1.82) is 0 Å². The lowest BCUT2D eigenvalue weighted by molar-refractivity contribution is -0.123. The molecule has 2 aromatic carbocycles. The molecule has 1 heterocycles. The zero-order valence-corrected chi connectivity index (χ0v) is 15.2. The van der Waals surface area contributed by atoms with Crippen LogP contribution >= 0.6 is 0 Å². The van der Waals surface area contributed by atoms with Crippen LogP contribution in [-0.2, 0) is 11.4 Å². The van der Waals surface area contributed by atoms with Gasteiger partial charge in [0.25, 0.3) is 0 Å². The van der Waals surface area contributed by atoms with Gasteiger partial charge in [0.2, 0.25) is 5.91 Å². The molecule has 0 radical (unpaired) electrons. The van der Waals surface area contributed by atoms with Crippen molar-refractivity contribution in [3.05, 3.63) is 65.2 Å². The van der Waals surface area contributed by atoms with Gasteiger partial charge in [-0.2, -0.15) is 0 Å². The fourth-order valence-electron chi connectivity index (χ4n) is 3.14. The Hall–Kier alpha value is -2.37. The maximum Gasteiger partial charge on any atom is 0.237 e. The van der Waals surface area contributed by atoms with Crippen molar-refractivity contribution < 1.29 is 14.6 Å². The molecule has 1 saturated heterocycles. The number of rotatable bonds is 6. The maximum atomic E-state index is 12.2. The first-order valence-corrected chi connectivity index (χ1v) is 9.01. The van der Waals surface area contributed by atoms with Crippen LogP contribution in [0, 0.1) is 6.92 Å². The van der Waals surface area contributed by atoms with Crippen LogP contribution in [0.5, 0.6) is 5.75 Å². The third-order valence-electron chi connectivity index (χ3n) is 4.65. The Bertz CT molecular complexity index is 745. The van der Waals surface area contributed by atoms with Crippen LogP contribution in [0.15, 0.2) is 48.5 Å². The number of amides is 1. The van der Waals surface area contributed by atoms with Crippen LogP contribution in [0.25, 0.3) is 0 Å². The molecule has 3 atom stereocenters. The Morgan fingerprint density at radius 1 is 1.31 bits per heavy atom. The Labute approximate surface area is 154 Å². The predicted molar refractivity (Wildman–Crippen MR) is 101 cm³/mol. The lowest BCUT2D eigenvalue weighted by Crippen LogP contribution is -2.41. The van der Waals surface area contributed by atoms with Crippen LogP contribution in [0.2, 0.25) is 0 Å². The highest BCUT2D eigenvalue weighted by atomic mass is 16.5. The van der Waals surface area contributed by atoms with E-state index in [-0.39, 0.29) is 18.0 Å². The van der Waals surface area contributed by atoms with E-state index in [4.69, 9.17) is 4.74 Å². The van der Waals surface area contributed by atoms with E-state index in [2.05, 4.69) is 29.7 Å². The van der Waals surface area contributed by atoms with Crippen LogP contribution < -0.4 is 15.4 Å². The zero-order chi connectivity index (χ0) is 18.5. The molecule has 3 rings (SSSR count). The molecule has 1 aliphatic rings. The van der Waals surface area contributed by atoms with E-state index in [0.717, 1.165) is 16.9 Å². The van der Waals surface area contributed by atoms with Gasteiger partial charge in [0.1, 0.15) is 12.4 Å². The van der Waals surface area contributed by atoms with Crippen molar-refractivity contribution in [3.8, 4) is 5.75 Å². The molecule has 26 heavy (non-hydrogen) atoms. The molecule has 1 aliphatic heterocycles. The van der Waals surface area contributed by atoms with Crippen molar-refractivity contribution in [3.63, 3.8) is 0 Å². The van der Waals surface area contributed by atoms with E-state index in [1.807, 2.05) is 43.3 Å². The standard InChI is InChI=1S/C21H26N2O3/c1-14-4-3-5-16(10-14)13-26-19-8-6-17(7-9-19)15(2)23-21(25)20-11-18(24)12-22-20/h3-10,15,18,20,22,24H,11-13H2,1-2H3,(H,23,25). The van der Waals surface area contributed by atoms with Gasteiger partial charge < -0.3 is 20.5 Å². The Morgan fingerprint density at radius 3 is 2.73 bits per heavy atom. The molecule has 2 aromatic rings. The third kappa shape index (κ3) is 4.84. The normalized spacial score (nSPS) is 20.6. The molecule has 5 heteroatoms. The first kappa shape index (κ1) is 18.4. The number of benzene rings is 2. The summed E-state index contributed by atoms with van der Waals surface area (Å²) < 4.78 is 5.83. The van der Waals surface area contributed by atoms with E-state index in [1.54, 1.807) is 0 Å². The lowest BCUT2D eigenvalue weighted by Gasteiger charge is -2.18. The number of hydrogen-bond donors (Lipinski definition) is 3. The fourth-order valence-corrected chi connectivity index (χ4v) is 3.14. The minimum Gasteiger partial charge on any atom is -0.489 e. The number of hydrogen-bond acceptors (Lipinski definition) is 4. The van der Waals surface area contributed by atoms with E-state index in [1.165, 1.54) is 5.56 Å². The van der Waals surface area contributed by atoms with Gasteiger partial charge in [0, 0.05) is 6.54 Å². The second-order valence-corrected chi connectivity index (χ2v) is 6.93. The van der Waals surface area contributed by atoms with Crippen LogP contribution in [0.1, 0.15) is 36.1 Å². The lowest BCUT2D eigenvalue weighted by atomic mass is 10.1. The Kier molecular flexibility index (Phi) is 5.91. The monoisotopic (exact) mass is 354 g/mol. The Balaban J connectivity index is 1.52. The summed E-state index contributed by atoms with van der Waals surface area (Å²) in [7, 11) is 0. The number of nitrogens with one attached hydrogen (secondary N) is 2. The molecule has 5 nitrogen and oxygen atoms in total. The summed E-state index contributed by atoms with van der Waals surface area (Å²) in [4.78, 5) is 12.2. The van der Waals surface area contributed by atoms with Crippen molar-refractivity contribution >= 4 is 5.91 Å². The van der Waals surface area contributed by atoms with Gasteiger partial charge >= 0.3 is 0 Å². The highest BCUT2D eigenvalue weighted by Crippen LogP contribution is 2.19. The molecule has 0 saturated carbocycles. The van der Waals surface area contributed by atoms with Gasteiger partial charge in [0.15, 0.2) is 0 Å². The highest BCUT2D eigenvalue weighted by Gasteiger charge is 2.28. The summed E-state index contributed by atoms with van der Waals surface area (Å²) in [6.45, 7) is 5.02. The molecular formula is C21H26N2O3. The molecule has 0 aliphatic carbocycles. The van der Waals surface area contributed by atoms with Crippen molar-refractivity contribution in [2.75, 3.05) is 6.54 Å². The van der Waals surface area contributed by atoms with E-state index >= 15 is 0 Å². The van der Waals surface area contributed by atoms with Crippen molar-refractivity contribution in [2.24, 2.45) is 0 Å². The number of carbonyl (C=O) groups is 1.